The quantitative estimate of drug-likeness (QED) is 0.707. The molecule has 0 saturated carbocycles. The van der Waals surface area contributed by atoms with Crippen LogP contribution in [0.1, 0.15) is 20.7 Å². The summed E-state index contributed by atoms with van der Waals surface area (Å²) in [4.78, 5) is 24.3. The SMILES string of the molecule is O=C(Nc1ccc(NC(=O)c2cccc(Cl)c2)cc1)c1ccccc1. The van der Waals surface area contributed by atoms with E-state index in [1.54, 1.807) is 60.7 Å². The van der Waals surface area contributed by atoms with Gasteiger partial charge < -0.3 is 10.6 Å². The van der Waals surface area contributed by atoms with Crippen LogP contribution < -0.4 is 10.6 Å². The van der Waals surface area contributed by atoms with Crippen molar-refractivity contribution in [1.82, 2.24) is 0 Å². The molecule has 0 spiro atoms. The Labute approximate surface area is 150 Å². The molecule has 0 unspecified atom stereocenters. The van der Waals surface area contributed by atoms with Crippen molar-refractivity contribution in [3.63, 3.8) is 0 Å². The molecule has 3 aromatic rings. The van der Waals surface area contributed by atoms with Gasteiger partial charge in [0, 0.05) is 27.5 Å². The fourth-order valence-electron chi connectivity index (χ4n) is 2.26. The molecule has 0 atom stereocenters. The van der Waals surface area contributed by atoms with Crippen LogP contribution in [0, 0.1) is 0 Å². The first-order chi connectivity index (χ1) is 12.1. The third-order valence-electron chi connectivity index (χ3n) is 3.52. The van der Waals surface area contributed by atoms with E-state index < -0.39 is 0 Å². The number of amides is 2. The summed E-state index contributed by atoms with van der Waals surface area (Å²) in [6.45, 7) is 0. The van der Waals surface area contributed by atoms with Gasteiger partial charge in [-0.2, -0.15) is 0 Å². The fourth-order valence-corrected chi connectivity index (χ4v) is 2.45. The molecule has 0 aliphatic heterocycles. The number of nitrogens with one attached hydrogen (secondary N) is 2. The molecule has 0 aromatic heterocycles. The Balaban J connectivity index is 1.64. The monoisotopic (exact) mass is 350 g/mol. The lowest BCUT2D eigenvalue weighted by molar-refractivity contribution is 0.101. The van der Waals surface area contributed by atoms with E-state index in [1.165, 1.54) is 0 Å². The number of carbonyl (C=O) groups excluding carboxylic acids is 2. The minimum atomic E-state index is -0.247. The average molecular weight is 351 g/mol. The van der Waals surface area contributed by atoms with Crippen molar-refractivity contribution in [2.45, 2.75) is 0 Å². The van der Waals surface area contributed by atoms with E-state index in [-0.39, 0.29) is 11.8 Å². The largest absolute Gasteiger partial charge is 0.322 e. The molecule has 2 N–H and O–H groups in total. The van der Waals surface area contributed by atoms with Gasteiger partial charge >= 0.3 is 0 Å². The maximum absolute atomic E-state index is 12.2. The van der Waals surface area contributed by atoms with Crippen molar-refractivity contribution in [1.29, 1.82) is 0 Å². The fraction of sp³-hybridized carbons (Fsp3) is 0. The first kappa shape index (κ1) is 16.7. The van der Waals surface area contributed by atoms with Gasteiger partial charge in [0.05, 0.1) is 0 Å². The minimum Gasteiger partial charge on any atom is -0.322 e. The molecule has 3 rings (SSSR count). The van der Waals surface area contributed by atoms with E-state index in [0.29, 0.717) is 27.5 Å². The molecule has 5 heteroatoms. The number of hydrogen-bond acceptors (Lipinski definition) is 2. The van der Waals surface area contributed by atoms with E-state index in [0.717, 1.165) is 0 Å². The maximum Gasteiger partial charge on any atom is 0.255 e. The highest BCUT2D eigenvalue weighted by Crippen LogP contribution is 2.17. The lowest BCUT2D eigenvalue weighted by Crippen LogP contribution is -2.13. The van der Waals surface area contributed by atoms with Gasteiger partial charge in [0.2, 0.25) is 0 Å². The molecule has 0 aliphatic carbocycles. The number of anilines is 2. The summed E-state index contributed by atoms with van der Waals surface area (Å²) in [5, 5.41) is 6.10. The van der Waals surface area contributed by atoms with Crippen LogP contribution in [-0.2, 0) is 0 Å². The topological polar surface area (TPSA) is 58.2 Å². The first-order valence-electron chi connectivity index (χ1n) is 7.65. The summed E-state index contributed by atoms with van der Waals surface area (Å²) in [5.41, 5.74) is 2.34. The second-order valence-electron chi connectivity index (χ2n) is 5.36. The highest BCUT2D eigenvalue weighted by Gasteiger charge is 2.08. The summed E-state index contributed by atoms with van der Waals surface area (Å²) >= 11 is 5.89. The summed E-state index contributed by atoms with van der Waals surface area (Å²) in [6, 6.07) is 22.6. The Bertz CT molecular complexity index is 893. The Morgan fingerprint density at radius 3 is 1.72 bits per heavy atom. The molecule has 3 aromatic carbocycles. The summed E-state index contributed by atoms with van der Waals surface area (Å²) in [6.07, 6.45) is 0. The Kier molecular flexibility index (Phi) is 5.11. The van der Waals surface area contributed by atoms with Crippen LogP contribution in [0.2, 0.25) is 5.02 Å². The zero-order valence-corrected chi connectivity index (χ0v) is 14.0. The molecule has 0 fully saturated rings. The van der Waals surface area contributed by atoms with Gasteiger partial charge in [0.25, 0.3) is 11.8 Å². The van der Waals surface area contributed by atoms with Crippen molar-refractivity contribution < 1.29 is 9.59 Å². The van der Waals surface area contributed by atoms with Gasteiger partial charge in [0.15, 0.2) is 0 Å². The van der Waals surface area contributed by atoms with E-state index >= 15 is 0 Å². The maximum atomic E-state index is 12.2. The van der Waals surface area contributed by atoms with Crippen LogP contribution in [0.25, 0.3) is 0 Å². The van der Waals surface area contributed by atoms with E-state index in [4.69, 9.17) is 11.6 Å². The van der Waals surface area contributed by atoms with Crippen LogP contribution >= 0.6 is 11.6 Å². The predicted octanol–water partition coefficient (Wildman–Crippen LogP) is 4.84. The number of carbonyl (C=O) groups is 2. The molecule has 2 amide bonds. The standard InChI is InChI=1S/C20H15ClN2O2/c21-16-8-4-7-15(13-16)20(25)23-18-11-9-17(10-12-18)22-19(24)14-5-2-1-3-6-14/h1-13H,(H,22,24)(H,23,25). The van der Waals surface area contributed by atoms with Crippen LogP contribution in [0.3, 0.4) is 0 Å². The summed E-state index contributed by atoms with van der Waals surface area (Å²) < 4.78 is 0. The molecule has 25 heavy (non-hydrogen) atoms. The predicted molar refractivity (Wildman–Crippen MR) is 100 cm³/mol. The summed E-state index contributed by atoms with van der Waals surface area (Å²) in [5.74, 6) is -0.431. The van der Waals surface area contributed by atoms with Gasteiger partial charge in [-0.25, -0.2) is 0 Å². The number of benzene rings is 3. The summed E-state index contributed by atoms with van der Waals surface area (Å²) in [7, 11) is 0. The molecule has 0 heterocycles. The third kappa shape index (κ3) is 4.46. The molecule has 124 valence electrons. The van der Waals surface area contributed by atoms with Crippen LogP contribution in [-0.4, -0.2) is 11.8 Å². The first-order valence-corrected chi connectivity index (χ1v) is 8.03. The molecular formula is C20H15ClN2O2. The van der Waals surface area contributed by atoms with Gasteiger partial charge in [0.1, 0.15) is 0 Å². The van der Waals surface area contributed by atoms with Crippen molar-refractivity contribution >= 4 is 34.8 Å². The molecule has 0 bridgehead atoms. The van der Waals surface area contributed by atoms with Gasteiger partial charge in [-0.1, -0.05) is 35.9 Å². The number of rotatable bonds is 4. The molecule has 0 saturated heterocycles. The van der Waals surface area contributed by atoms with Crippen molar-refractivity contribution in [3.8, 4) is 0 Å². The van der Waals surface area contributed by atoms with Gasteiger partial charge in [-0.05, 0) is 54.6 Å². The second kappa shape index (κ2) is 7.64. The van der Waals surface area contributed by atoms with E-state index in [9.17, 15) is 9.59 Å². The Hall–Kier alpha value is -3.11. The minimum absolute atomic E-state index is 0.184. The highest BCUT2D eigenvalue weighted by atomic mass is 35.5. The lowest BCUT2D eigenvalue weighted by atomic mass is 10.2. The molecule has 0 aliphatic rings. The Morgan fingerprint density at radius 1 is 0.640 bits per heavy atom. The number of hydrogen-bond donors (Lipinski definition) is 2. The highest BCUT2D eigenvalue weighted by molar-refractivity contribution is 6.31. The van der Waals surface area contributed by atoms with Crippen LogP contribution in [0.4, 0.5) is 11.4 Å². The van der Waals surface area contributed by atoms with Crippen LogP contribution in [0.5, 0.6) is 0 Å². The lowest BCUT2D eigenvalue weighted by Gasteiger charge is -2.08. The van der Waals surface area contributed by atoms with Gasteiger partial charge in [-0.3, -0.25) is 9.59 Å². The normalized spacial score (nSPS) is 10.1. The third-order valence-corrected chi connectivity index (χ3v) is 3.76. The van der Waals surface area contributed by atoms with Crippen molar-refractivity contribution in [3.05, 3.63) is 95.0 Å². The Morgan fingerprint density at radius 2 is 1.16 bits per heavy atom. The molecule has 4 nitrogen and oxygen atoms in total. The number of halogens is 1. The van der Waals surface area contributed by atoms with E-state index in [1.807, 2.05) is 18.2 Å². The average Bonchev–Trinajstić information content (AvgIpc) is 2.64. The van der Waals surface area contributed by atoms with Gasteiger partial charge in [-0.15, -0.1) is 0 Å². The van der Waals surface area contributed by atoms with Crippen molar-refractivity contribution in [2.24, 2.45) is 0 Å². The van der Waals surface area contributed by atoms with Crippen LogP contribution in [0.15, 0.2) is 78.9 Å². The van der Waals surface area contributed by atoms with E-state index in [2.05, 4.69) is 10.6 Å². The molecule has 0 radical (unpaired) electrons. The second-order valence-corrected chi connectivity index (χ2v) is 5.80. The smallest absolute Gasteiger partial charge is 0.255 e. The zero-order chi connectivity index (χ0) is 17.6. The zero-order valence-electron chi connectivity index (χ0n) is 13.2. The van der Waals surface area contributed by atoms with Crippen molar-refractivity contribution in [2.75, 3.05) is 10.6 Å². The molecular weight excluding hydrogens is 336 g/mol.